The van der Waals surface area contributed by atoms with Gasteiger partial charge in [0, 0.05) is 6.42 Å². The first-order valence-corrected chi connectivity index (χ1v) is 6.54. The summed E-state index contributed by atoms with van der Waals surface area (Å²) < 4.78 is 11.2. The molecule has 0 aliphatic rings. The third-order valence-electron chi connectivity index (χ3n) is 2.43. The fraction of sp³-hybridized carbons (Fsp3) is 1.00. The van der Waals surface area contributed by atoms with Crippen LogP contribution in [0.5, 0.6) is 0 Å². The van der Waals surface area contributed by atoms with Crippen molar-refractivity contribution in [1.82, 2.24) is 0 Å². The Morgan fingerprint density at radius 3 is 2.26 bits per heavy atom. The Balaban J connectivity index is 4.07. The van der Waals surface area contributed by atoms with Gasteiger partial charge in [0.15, 0.2) is 0 Å². The molecule has 116 valence electrons. The van der Waals surface area contributed by atoms with Crippen LogP contribution in [0.25, 0.3) is 0 Å². The predicted octanol–water partition coefficient (Wildman–Crippen LogP) is 0.896. The quantitative estimate of drug-likeness (QED) is 0.432. The summed E-state index contributed by atoms with van der Waals surface area (Å²) in [6.45, 7) is 7.76. The fourth-order valence-corrected chi connectivity index (χ4v) is 1.66. The van der Waals surface area contributed by atoms with Gasteiger partial charge < -0.3 is 19.7 Å². The van der Waals surface area contributed by atoms with Crippen LogP contribution in [0.4, 0.5) is 0 Å². The van der Waals surface area contributed by atoms with Crippen molar-refractivity contribution in [2.24, 2.45) is 0 Å². The van der Waals surface area contributed by atoms with Gasteiger partial charge in [-0.25, -0.2) is 9.78 Å². The van der Waals surface area contributed by atoms with Crippen LogP contribution in [-0.4, -0.2) is 61.1 Å². The maximum atomic E-state index is 9.57. The molecule has 0 spiro atoms. The Morgan fingerprint density at radius 1 is 1.16 bits per heavy atom. The van der Waals surface area contributed by atoms with E-state index < -0.39 is 11.7 Å². The molecule has 0 bridgehead atoms. The first-order valence-electron chi connectivity index (χ1n) is 6.54. The lowest BCUT2D eigenvalue weighted by molar-refractivity contribution is -0.288. The van der Waals surface area contributed by atoms with Crippen LogP contribution < -0.4 is 0 Å². The number of rotatable bonds is 11. The molecule has 0 aliphatic carbocycles. The Labute approximate surface area is 115 Å². The number of ether oxygens (including phenoxy) is 2. The van der Waals surface area contributed by atoms with Gasteiger partial charge in [0.25, 0.3) is 0 Å². The predicted molar refractivity (Wildman–Crippen MR) is 70.7 cm³/mol. The molecule has 2 atom stereocenters. The SMILES string of the molecule is COOCC(O)COC(C)(C)CC(CO)OC(C)C. The van der Waals surface area contributed by atoms with Crippen molar-refractivity contribution in [2.45, 2.75) is 58.0 Å². The highest BCUT2D eigenvalue weighted by molar-refractivity contribution is 4.75. The molecule has 0 aromatic carbocycles. The van der Waals surface area contributed by atoms with Gasteiger partial charge in [-0.3, -0.25) is 0 Å². The average molecular weight is 280 g/mol. The van der Waals surface area contributed by atoms with E-state index >= 15 is 0 Å². The smallest absolute Gasteiger partial charge is 0.110 e. The third-order valence-corrected chi connectivity index (χ3v) is 2.43. The van der Waals surface area contributed by atoms with Crippen molar-refractivity contribution in [3.63, 3.8) is 0 Å². The molecule has 2 unspecified atom stereocenters. The average Bonchev–Trinajstić information content (AvgIpc) is 2.32. The molecule has 6 heteroatoms. The van der Waals surface area contributed by atoms with Crippen molar-refractivity contribution in [2.75, 3.05) is 26.9 Å². The molecule has 0 saturated heterocycles. The minimum atomic E-state index is -0.752. The molecular weight excluding hydrogens is 252 g/mol. The van der Waals surface area contributed by atoms with Crippen LogP contribution in [0.15, 0.2) is 0 Å². The van der Waals surface area contributed by atoms with Crippen molar-refractivity contribution in [1.29, 1.82) is 0 Å². The number of aliphatic hydroxyl groups excluding tert-OH is 2. The van der Waals surface area contributed by atoms with E-state index in [1.807, 2.05) is 27.7 Å². The van der Waals surface area contributed by atoms with Crippen LogP contribution in [0, 0.1) is 0 Å². The summed E-state index contributed by atoms with van der Waals surface area (Å²) in [7, 11) is 1.38. The highest BCUT2D eigenvalue weighted by atomic mass is 17.2. The number of hydrogen-bond donors (Lipinski definition) is 2. The van der Waals surface area contributed by atoms with Crippen molar-refractivity contribution in [3.05, 3.63) is 0 Å². The van der Waals surface area contributed by atoms with Gasteiger partial charge in [-0.15, -0.1) is 0 Å². The van der Waals surface area contributed by atoms with E-state index in [4.69, 9.17) is 9.47 Å². The normalized spacial score (nSPS) is 15.8. The molecule has 0 heterocycles. The van der Waals surface area contributed by atoms with E-state index in [0.29, 0.717) is 6.42 Å². The van der Waals surface area contributed by atoms with Crippen LogP contribution in [-0.2, 0) is 19.2 Å². The summed E-state index contributed by atoms with van der Waals surface area (Å²) in [5.74, 6) is 0. The third kappa shape index (κ3) is 10.2. The first kappa shape index (κ1) is 18.8. The summed E-state index contributed by atoms with van der Waals surface area (Å²) in [6.07, 6.45) is -0.437. The first-order chi connectivity index (χ1) is 8.80. The lowest BCUT2D eigenvalue weighted by atomic mass is 10.0. The molecule has 0 rings (SSSR count). The minimum absolute atomic E-state index is 0.0497. The van der Waals surface area contributed by atoms with Gasteiger partial charge in [0.05, 0.1) is 38.1 Å². The second kappa shape index (κ2) is 9.63. The summed E-state index contributed by atoms with van der Waals surface area (Å²) >= 11 is 0. The molecule has 0 aromatic rings. The Kier molecular flexibility index (Phi) is 9.51. The van der Waals surface area contributed by atoms with E-state index in [1.165, 1.54) is 7.11 Å². The van der Waals surface area contributed by atoms with Crippen molar-refractivity contribution in [3.8, 4) is 0 Å². The highest BCUT2D eigenvalue weighted by Gasteiger charge is 2.26. The molecular formula is C13H28O6. The second-order valence-corrected chi connectivity index (χ2v) is 5.37. The van der Waals surface area contributed by atoms with Gasteiger partial charge in [-0.1, -0.05) is 0 Å². The maximum Gasteiger partial charge on any atom is 0.110 e. The minimum Gasteiger partial charge on any atom is -0.394 e. The highest BCUT2D eigenvalue weighted by Crippen LogP contribution is 2.19. The molecule has 19 heavy (non-hydrogen) atoms. The van der Waals surface area contributed by atoms with Gasteiger partial charge in [0.1, 0.15) is 12.7 Å². The molecule has 0 amide bonds. The van der Waals surface area contributed by atoms with E-state index in [-0.39, 0.29) is 32.0 Å². The molecule has 0 saturated carbocycles. The van der Waals surface area contributed by atoms with Crippen LogP contribution in [0.1, 0.15) is 34.1 Å². The summed E-state index contributed by atoms with van der Waals surface area (Å²) in [5, 5.41) is 18.8. The zero-order valence-electron chi connectivity index (χ0n) is 12.6. The maximum absolute atomic E-state index is 9.57. The Hall–Kier alpha value is -0.240. The van der Waals surface area contributed by atoms with E-state index in [2.05, 4.69) is 9.78 Å². The Bertz CT molecular complexity index is 219. The summed E-state index contributed by atoms with van der Waals surface area (Å²) in [6, 6.07) is 0. The summed E-state index contributed by atoms with van der Waals surface area (Å²) in [4.78, 5) is 9.02. The van der Waals surface area contributed by atoms with E-state index in [0.717, 1.165) is 0 Å². The molecule has 2 N–H and O–H groups in total. The van der Waals surface area contributed by atoms with Crippen LogP contribution in [0.2, 0.25) is 0 Å². The van der Waals surface area contributed by atoms with E-state index in [9.17, 15) is 10.2 Å². The Morgan fingerprint density at radius 2 is 1.79 bits per heavy atom. The van der Waals surface area contributed by atoms with Gasteiger partial charge >= 0.3 is 0 Å². The fourth-order valence-electron chi connectivity index (χ4n) is 1.66. The molecule has 0 aliphatic heterocycles. The number of hydrogen-bond acceptors (Lipinski definition) is 6. The second-order valence-electron chi connectivity index (χ2n) is 5.37. The van der Waals surface area contributed by atoms with Gasteiger partial charge in [-0.2, -0.15) is 0 Å². The monoisotopic (exact) mass is 280 g/mol. The summed E-state index contributed by atoms with van der Waals surface area (Å²) in [5.41, 5.74) is -0.504. The lowest BCUT2D eigenvalue weighted by Crippen LogP contribution is -2.37. The van der Waals surface area contributed by atoms with E-state index in [1.54, 1.807) is 0 Å². The van der Waals surface area contributed by atoms with Crippen LogP contribution >= 0.6 is 0 Å². The van der Waals surface area contributed by atoms with Gasteiger partial charge in [-0.05, 0) is 27.7 Å². The standard InChI is InChI=1S/C13H28O6/c1-10(2)19-12(7-14)6-13(3,4)17-8-11(15)9-18-16-5/h10-12,14-15H,6-9H2,1-5H3. The largest absolute Gasteiger partial charge is 0.394 e. The zero-order chi connectivity index (χ0) is 14.9. The lowest BCUT2D eigenvalue weighted by Gasteiger charge is -2.31. The number of aliphatic hydroxyl groups is 2. The topological polar surface area (TPSA) is 77.4 Å². The molecule has 0 aromatic heterocycles. The molecule has 0 radical (unpaired) electrons. The molecule has 6 nitrogen and oxygen atoms in total. The van der Waals surface area contributed by atoms with Crippen LogP contribution in [0.3, 0.4) is 0 Å². The van der Waals surface area contributed by atoms with Crippen molar-refractivity contribution >= 4 is 0 Å². The van der Waals surface area contributed by atoms with Crippen molar-refractivity contribution < 1.29 is 29.5 Å². The zero-order valence-corrected chi connectivity index (χ0v) is 12.6. The van der Waals surface area contributed by atoms with Gasteiger partial charge in [0.2, 0.25) is 0 Å². The molecule has 0 fully saturated rings.